The molecule has 1 aliphatic carbocycles. The van der Waals surface area contributed by atoms with E-state index in [4.69, 9.17) is 5.53 Å². The molecule has 0 saturated heterocycles. The van der Waals surface area contributed by atoms with Crippen molar-refractivity contribution in [3.63, 3.8) is 0 Å². The van der Waals surface area contributed by atoms with Crippen LogP contribution in [0.4, 0.5) is 0 Å². The maximum absolute atomic E-state index is 11.7. The number of nitrogens with zero attached hydrogens (tertiary/aromatic N) is 2. The Balaban J connectivity index is 2.62. The van der Waals surface area contributed by atoms with E-state index in [2.05, 4.69) is 18.6 Å². The van der Waals surface area contributed by atoms with Crippen LogP contribution >= 0.6 is 0 Å². The van der Waals surface area contributed by atoms with Gasteiger partial charge in [0, 0.05) is 5.41 Å². The number of carbonyl (C=O) groups is 1. The molecule has 84 valence electrons. The number of hydrogen-bond donors (Lipinski definition) is 0. The Morgan fingerprint density at radius 2 is 2.00 bits per heavy atom. The van der Waals surface area contributed by atoms with Crippen molar-refractivity contribution >= 4 is 12.0 Å². The van der Waals surface area contributed by atoms with Gasteiger partial charge in [0.1, 0.15) is 0 Å². The van der Waals surface area contributed by atoms with Crippen LogP contribution in [0.15, 0.2) is 0 Å². The molecule has 3 heteroatoms. The Bertz CT molecular complexity index is 282. The van der Waals surface area contributed by atoms with Crippen molar-refractivity contribution in [3.8, 4) is 0 Å². The SMILES string of the molecule is CC(C)[C@H]1CC[C@](C)(C(=O)C=[N+]=[N-])CC1. The second-order valence-electron chi connectivity index (χ2n) is 5.25. The third-order valence-electron chi connectivity index (χ3n) is 3.85. The lowest BCUT2D eigenvalue weighted by Crippen LogP contribution is -2.34. The number of ketones is 1. The highest BCUT2D eigenvalue weighted by molar-refractivity contribution is 6.27. The van der Waals surface area contributed by atoms with Crippen LogP contribution in [0.2, 0.25) is 0 Å². The van der Waals surface area contributed by atoms with E-state index >= 15 is 0 Å². The molecule has 1 saturated carbocycles. The van der Waals surface area contributed by atoms with E-state index in [0.29, 0.717) is 5.92 Å². The van der Waals surface area contributed by atoms with Gasteiger partial charge in [0.25, 0.3) is 0 Å². The summed E-state index contributed by atoms with van der Waals surface area (Å²) in [6.07, 6.45) is 5.11. The highest BCUT2D eigenvalue weighted by Gasteiger charge is 2.38. The molecule has 0 bridgehead atoms. The van der Waals surface area contributed by atoms with E-state index in [9.17, 15) is 4.79 Å². The fraction of sp³-hybridized carbons (Fsp3) is 0.833. The van der Waals surface area contributed by atoms with Crippen LogP contribution in [0.3, 0.4) is 0 Å². The molecule has 1 aliphatic rings. The van der Waals surface area contributed by atoms with Crippen LogP contribution in [-0.2, 0) is 4.79 Å². The highest BCUT2D eigenvalue weighted by Crippen LogP contribution is 2.41. The van der Waals surface area contributed by atoms with Crippen molar-refractivity contribution in [1.82, 2.24) is 0 Å². The van der Waals surface area contributed by atoms with Gasteiger partial charge in [0.2, 0.25) is 5.78 Å². The number of Topliss-reactive ketones (excluding diaryl/α,β-unsaturated/α-hetero) is 1. The van der Waals surface area contributed by atoms with Crippen LogP contribution < -0.4 is 0 Å². The summed E-state index contributed by atoms with van der Waals surface area (Å²) in [5.41, 5.74) is 8.08. The quantitative estimate of drug-likeness (QED) is 0.399. The first-order valence-corrected chi connectivity index (χ1v) is 5.71. The van der Waals surface area contributed by atoms with Crippen LogP contribution in [0.5, 0.6) is 0 Å². The van der Waals surface area contributed by atoms with Crippen LogP contribution in [0, 0.1) is 17.3 Å². The predicted octanol–water partition coefficient (Wildman–Crippen LogP) is 2.71. The van der Waals surface area contributed by atoms with E-state index in [-0.39, 0.29) is 11.2 Å². The topological polar surface area (TPSA) is 53.5 Å². The summed E-state index contributed by atoms with van der Waals surface area (Å²) in [5.74, 6) is 1.42. The maximum atomic E-state index is 11.7. The van der Waals surface area contributed by atoms with Crippen LogP contribution in [0.1, 0.15) is 46.5 Å². The smallest absolute Gasteiger partial charge is 0.323 e. The minimum atomic E-state index is -0.294. The van der Waals surface area contributed by atoms with Gasteiger partial charge >= 0.3 is 6.21 Å². The van der Waals surface area contributed by atoms with Gasteiger partial charge in [-0.25, -0.2) is 0 Å². The summed E-state index contributed by atoms with van der Waals surface area (Å²) in [5, 5.41) is 0. The fourth-order valence-corrected chi connectivity index (χ4v) is 2.40. The molecule has 1 fully saturated rings. The van der Waals surface area contributed by atoms with Gasteiger partial charge in [-0.05, 0) is 37.5 Å². The minimum absolute atomic E-state index is 0.0350. The molecule has 1 rings (SSSR count). The van der Waals surface area contributed by atoms with Gasteiger partial charge in [-0.1, -0.05) is 20.8 Å². The first-order chi connectivity index (χ1) is 6.99. The average molecular weight is 208 g/mol. The number of rotatable bonds is 3. The molecule has 15 heavy (non-hydrogen) atoms. The molecule has 0 spiro atoms. The molecule has 0 N–H and O–H groups in total. The van der Waals surface area contributed by atoms with E-state index in [1.165, 1.54) is 0 Å². The van der Waals surface area contributed by atoms with Crippen LogP contribution in [0.25, 0.3) is 5.53 Å². The predicted molar refractivity (Wildman–Crippen MR) is 59.6 cm³/mol. The lowest BCUT2D eigenvalue weighted by atomic mass is 9.67. The molecule has 0 unspecified atom stereocenters. The molecule has 0 amide bonds. The van der Waals surface area contributed by atoms with Gasteiger partial charge in [0.05, 0.1) is 0 Å². The second kappa shape index (κ2) is 4.71. The molecule has 0 heterocycles. The van der Waals surface area contributed by atoms with Gasteiger partial charge in [-0.3, -0.25) is 4.79 Å². The number of carbonyl (C=O) groups excluding carboxylic acids is 1. The van der Waals surface area contributed by atoms with Gasteiger partial charge in [0.15, 0.2) is 0 Å². The average Bonchev–Trinajstić information content (AvgIpc) is 2.18. The molecular formula is C12H20N2O. The van der Waals surface area contributed by atoms with E-state index in [0.717, 1.165) is 37.8 Å². The van der Waals surface area contributed by atoms with Crippen molar-refractivity contribution in [3.05, 3.63) is 5.53 Å². The highest BCUT2D eigenvalue weighted by atomic mass is 16.1. The molecule has 0 aromatic carbocycles. The second-order valence-corrected chi connectivity index (χ2v) is 5.25. The third-order valence-corrected chi connectivity index (χ3v) is 3.85. The Morgan fingerprint density at radius 3 is 2.40 bits per heavy atom. The van der Waals surface area contributed by atoms with Gasteiger partial charge in [-0.2, -0.15) is 4.79 Å². The fourth-order valence-electron chi connectivity index (χ4n) is 2.40. The van der Waals surface area contributed by atoms with E-state index in [1.54, 1.807) is 0 Å². The summed E-state index contributed by atoms with van der Waals surface area (Å²) in [6.45, 7) is 6.46. The molecule has 0 atom stereocenters. The molecule has 0 aromatic heterocycles. The first kappa shape index (κ1) is 12.1. The van der Waals surface area contributed by atoms with Crippen molar-refractivity contribution in [1.29, 1.82) is 0 Å². The molecule has 3 nitrogen and oxygen atoms in total. The summed E-state index contributed by atoms with van der Waals surface area (Å²) >= 11 is 0. The Morgan fingerprint density at radius 1 is 1.47 bits per heavy atom. The maximum Gasteiger partial charge on any atom is 0.323 e. The van der Waals surface area contributed by atoms with Gasteiger partial charge in [-0.15, -0.1) is 0 Å². The number of hydrogen-bond acceptors (Lipinski definition) is 1. The van der Waals surface area contributed by atoms with E-state index < -0.39 is 0 Å². The van der Waals surface area contributed by atoms with Crippen molar-refractivity contribution in [2.45, 2.75) is 46.5 Å². The molecular weight excluding hydrogens is 188 g/mol. The third kappa shape index (κ3) is 2.75. The Kier molecular flexibility index (Phi) is 3.81. The van der Waals surface area contributed by atoms with E-state index in [1.807, 2.05) is 6.92 Å². The lowest BCUT2D eigenvalue weighted by molar-refractivity contribution is -0.126. The zero-order valence-electron chi connectivity index (χ0n) is 9.86. The zero-order chi connectivity index (χ0) is 11.5. The van der Waals surface area contributed by atoms with Crippen molar-refractivity contribution in [2.75, 3.05) is 0 Å². The van der Waals surface area contributed by atoms with Gasteiger partial charge < -0.3 is 5.53 Å². The Labute approximate surface area is 91.5 Å². The largest absolute Gasteiger partial charge is 0.361 e. The molecule has 0 aromatic rings. The van der Waals surface area contributed by atoms with Crippen molar-refractivity contribution < 1.29 is 9.58 Å². The summed E-state index contributed by atoms with van der Waals surface area (Å²) < 4.78 is 0. The summed E-state index contributed by atoms with van der Waals surface area (Å²) in [6, 6.07) is 0. The van der Waals surface area contributed by atoms with Crippen LogP contribution in [-0.4, -0.2) is 16.8 Å². The summed E-state index contributed by atoms with van der Waals surface area (Å²) in [4.78, 5) is 14.5. The standard InChI is InChI=1S/C12H20N2O/c1-9(2)10-4-6-12(3,7-5-10)11(15)8-14-13/h8-10H,4-7H2,1-3H3/t10-,12-. The summed E-state index contributed by atoms with van der Waals surface area (Å²) in [7, 11) is 0. The molecule has 0 aliphatic heterocycles. The van der Waals surface area contributed by atoms with Crippen molar-refractivity contribution in [2.24, 2.45) is 17.3 Å². The lowest BCUT2D eigenvalue weighted by Gasteiger charge is -2.35. The minimum Gasteiger partial charge on any atom is -0.361 e. The monoisotopic (exact) mass is 208 g/mol. The Hall–Kier alpha value is -0.950. The normalized spacial score (nSPS) is 31.1. The molecule has 0 radical (unpaired) electrons. The zero-order valence-corrected chi connectivity index (χ0v) is 9.86. The first-order valence-electron chi connectivity index (χ1n) is 5.71.